The summed E-state index contributed by atoms with van der Waals surface area (Å²) in [5.74, 6) is 0.896. The third kappa shape index (κ3) is 4.74. The minimum absolute atomic E-state index is 0.0425. The molecule has 2 aromatic carbocycles. The Morgan fingerprint density at radius 1 is 1.00 bits per heavy atom. The number of fused-ring (bicyclic) bond motifs is 1. The molecule has 2 aromatic heterocycles. The number of hydrogen-bond donors (Lipinski definition) is 1. The van der Waals surface area contributed by atoms with Gasteiger partial charge in [0, 0.05) is 62.5 Å². The monoisotopic (exact) mass is 503 g/mol. The summed E-state index contributed by atoms with van der Waals surface area (Å²) < 4.78 is 32.1. The van der Waals surface area contributed by atoms with E-state index in [4.69, 9.17) is 4.74 Å². The molecule has 0 bridgehead atoms. The summed E-state index contributed by atoms with van der Waals surface area (Å²) in [5.41, 5.74) is 4.15. The minimum Gasteiger partial charge on any atom is -0.486 e. The van der Waals surface area contributed by atoms with Crippen molar-refractivity contribution in [1.29, 1.82) is 0 Å². The predicted molar refractivity (Wildman–Crippen MR) is 139 cm³/mol. The van der Waals surface area contributed by atoms with Crippen molar-refractivity contribution < 1.29 is 13.2 Å². The fourth-order valence-corrected chi connectivity index (χ4v) is 5.46. The lowest BCUT2D eigenvalue weighted by Crippen LogP contribution is -2.48. The normalized spacial score (nSPS) is 17.8. The molecule has 0 spiro atoms. The van der Waals surface area contributed by atoms with Gasteiger partial charge in [-0.2, -0.15) is 5.10 Å². The van der Waals surface area contributed by atoms with Gasteiger partial charge >= 0.3 is 0 Å². The van der Waals surface area contributed by atoms with Crippen LogP contribution in [0, 0.1) is 0 Å². The first-order valence-corrected chi connectivity index (χ1v) is 14.1. The van der Waals surface area contributed by atoms with E-state index in [1.165, 1.54) is 6.26 Å². The molecule has 3 heterocycles. The number of benzene rings is 2. The Hall–Kier alpha value is -3.27. The Bertz CT molecular complexity index is 1500. The van der Waals surface area contributed by atoms with Gasteiger partial charge in [-0.15, -0.1) is 0 Å². The third-order valence-electron chi connectivity index (χ3n) is 6.98. The van der Waals surface area contributed by atoms with Crippen LogP contribution in [0.2, 0.25) is 0 Å². The molecule has 1 saturated heterocycles. The lowest BCUT2D eigenvalue weighted by molar-refractivity contribution is 0.105. The van der Waals surface area contributed by atoms with E-state index in [0.29, 0.717) is 5.65 Å². The Morgan fingerprint density at radius 2 is 1.78 bits per heavy atom. The third-order valence-corrected chi connectivity index (χ3v) is 8.09. The van der Waals surface area contributed by atoms with Crippen LogP contribution < -0.4 is 10.1 Å². The van der Waals surface area contributed by atoms with E-state index in [1.54, 1.807) is 28.9 Å². The van der Waals surface area contributed by atoms with E-state index in [2.05, 4.69) is 32.4 Å². The van der Waals surface area contributed by atoms with Crippen LogP contribution in [0.4, 0.5) is 0 Å². The zero-order valence-electron chi connectivity index (χ0n) is 20.2. The van der Waals surface area contributed by atoms with E-state index >= 15 is 0 Å². The number of aromatic nitrogens is 3. The number of nitrogens with zero attached hydrogens (tertiary/aromatic N) is 4. The molecule has 0 amide bonds. The van der Waals surface area contributed by atoms with Crippen molar-refractivity contribution in [3.8, 4) is 28.0 Å². The fraction of sp³-hybridized carbons (Fsp3) is 0.333. The lowest BCUT2D eigenvalue weighted by atomic mass is 10.1. The Balaban J connectivity index is 1.20. The molecule has 6 rings (SSSR count). The molecular weight excluding hydrogens is 474 g/mol. The van der Waals surface area contributed by atoms with E-state index in [-0.39, 0.29) is 10.5 Å². The molecular formula is C27H29N5O3S. The highest BCUT2D eigenvalue weighted by Crippen LogP contribution is 2.41. The highest BCUT2D eigenvalue weighted by Gasteiger charge is 2.46. The van der Waals surface area contributed by atoms with E-state index < -0.39 is 9.84 Å². The van der Waals surface area contributed by atoms with Gasteiger partial charge in [0.15, 0.2) is 15.5 Å². The van der Waals surface area contributed by atoms with Crippen molar-refractivity contribution in [2.45, 2.75) is 23.3 Å². The van der Waals surface area contributed by atoms with Gasteiger partial charge in [0.25, 0.3) is 0 Å². The van der Waals surface area contributed by atoms with Gasteiger partial charge in [-0.1, -0.05) is 24.3 Å². The number of rotatable bonds is 7. The minimum atomic E-state index is -3.29. The van der Waals surface area contributed by atoms with Crippen LogP contribution in [0.1, 0.15) is 12.8 Å². The first-order valence-electron chi connectivity index (χ1n) is 12.3. The molecule has 0 radical (unpaired) electrons. The summed E-state index contributed by atoms with van der Waals surface area (Å²) in [7, 11) is -3.29. The van der Waals surface area contributed by atoms with Crippen molar-refractivity contribution in [3.05, 3.63) is 67.1 Å². The summed E-state index contributed by atoms with van der Waals surface area (Å²) in [6, 6.07) is 15.0. The second-order valence-corrected chi connectivity index (χ2v) is 11.8. The SMILES string of the molecule is CS(=O)(=O)c1cccc(-c2cnn3cc(-c4ccc(OC5(CN6CCNCC6)CC5)cc4)cnc23)c1. The molecule has 9 heteroatoms. The van der Waals surface area contributed by atoms with Crippen molar-refractivity contribution in [2.75, 3.05) is 39.0 Å². The highest BCUT2D eigenvalue weighted by atomic mass is 32.2. The molecule has 36 heavy (non-hydrogen) atoms. The number of hydrogen-bond acceptors (Lipinski definition) is 7. The first kappa shape index (κ1) is 23.1. The predicted octanol–water partition coefficient (Wildman–Crippen LogP) is 3.28. The Labute approximate surface area is 210 Å². The largest absolute Gasteiger partial charge is 0.486 e. The van der Waals surface area contributed by atoms with Crippen LogP contribution in [-0.2, 0) is 9.84 Å². The van der Waals surface area contributed by atoms with Crippen LogP contribution in [0.3, 0.4) is 0 Å². The second kappa shape index (κ2) is 8.99. The first-order chi connectivity index (χ1) is 17.4. The Kier molecular flexibility index (Phi) is 5.78. The fourth-order valence-electron chi connectivity index (χ4n) is 4.80. The van der Waals surface area contributed by atoms with E-state index in [0.717, 1.165) is 73.6 Å². The van der Waals surface area contributed by atoms with Gasteiger partial charge in [-0.25, -0.2) is 17.9 Å². The molecule has 2 fully saturated rings. The van der Waals surface area contributed by atoms with Gasteiger partial charge in [-0.3, -0.25) is 4.90 Å². The molecule has 2 aliphatic rings. The van der Waals surface area contributed by atoms with Gasteiger partial charge in [0.2, 0.25) is 0 Å². The second-order valence-electron chi connectivity index (χ2n) is 9.80. The van der Waals surface area contributed by atoms with Crippen LogP contribution in [0.25, 0.3) is 27.9 Å². The summed E-state index contributed by atoms with van der Waals surface area (Å²) in [5, 5.41) is 7.88. The average Bonchev–Trinajstić information content (AvgIpc) is 3.49. The average molecular weight is 504 g/mol. The van der Waals surface area contributed by atoms with E-state index in [9.17, 15) is 8.42 Å². The number of piperazine rings is 1. The maximum atomic E-state index is 12.0. The Morgan fingerprint density at radius 3 is 2.50 bits per heavy atom. The molecule has 4 aromatic rings. The molecule has 1 N–H and O–H groups in total. The zero-order valence-corrected chi connectivity index (χ0v) is 21.0. The van der Waals surface area contributed by atoms with Crippen LogP contribution >= 0.6 is 0 Å². The molecule has 1 aliphatic carbocycles. The summed E-state index contributed by atoms with van der Waals surface area (Å²) in [6.07, 6.45) is 8.90. The van der Waals surface area contributed by atoms with Crippen LogP contribution in [-0.4, -0.2) is 72.5 Å². The van der Waals surface area contributed by atoms with E-state index in [1.807, 2.05) is 30.6 Å². The van der Waals surface area contributed by atoms with Crippen molar-refractivity contribution in [3.63, 3.8) is 0 Å². The molecule has 0 unspecified atom stereocenters. The smallest absolute Gasteiger partial charge is 0.175 e. The van der Waals surface area contributed by atoms with Gasteiger partial charge in [0.1, 0.15) is 11.4 Å². The molecule has 186 valence electrons. The van der Waals surface area contributed by atoms with Gasteiger partial charge in [0.05, 0.1) is 11.1 Å². The van der Waals surface area contributed by atoms with Crippen molar-refractivity contribution in [1.82, 2.24) is 24.8 Å². The number of ether oxygens (including phenoxy) is 1. The molecule has 0 atom stereocenters. The van der Waals surface area contributed by atoms with Crippen molar-refractivity contribution in [2.24, 2.45) is 0 Å². The van der Waals surface area contributed by atoms with Gasteiger partial charge in [-0.05, 0) is 48.2 Å². The summed E-state index contributed by atoms with van der Waals surface area (Å²) >= 11 is 0. The summed E-state index contributed by atoms with van der Waals surface area (Å²) in [4.78, 5) is 7.42. The van der Waals surface area contributed by atoms with Crippen LogP contribution in [0.5, 0.6) is 5.75 Å². The highest BCUT2D eigenvalue weighted by molar-refractivity contribution is 7.90. The van der Waals surface area contributed by atoms with Crippen LogP contribution in [0.15, 0.2) is 72.0 Å². The number of sulfone groups is 1. The summed E-state index contributed by atoms with van der Waals surface area (Å²) in [6.45, 7) is 5.25. The quantitative estimate of drug-likeness (QED) is 0.414. The number of nitrogens with one attached hydrogen (secondary N) is 1. The topological polar surface area (TPSA) is 88.8 Å². The maximum Gasteiger partial charge on any atom is 0.175 e. The molecule has 1 aliphatic heterocycles. The molecule has 8 nitrogen and oxygen atoms in total. The molecule has 1 saturated carbocycles. The van der Waals surface area contributed by atoms with Crippen molar-refractivity contribution >= 4 is 15.5 Å². The lowest BCUT2D eigenvalue weighted by Gasteiger charge is -2.31. The zero-order chi connectivity index (χ0) is 24.8. The van der Waals surface area contributed by atoms with Gasteiger partial charge < -0.3 is 10.1 Å². The maximum absolute atomic E-state index is 12.0. The standard InChI is InChI=1S/C27H29N5O3S/c1-36(33,34)24-4-2-3-21(15-24)25-17-30-32-18-22(16-29-26(25)32)20-5-7-23(8-6-20)35-27(9-10-27)19-31-13-11-28-12-14-31/h2-8,15-18,28H,9-14,19H2,1H3.